The van der Waals surface area contributed by atoms with Crippen molar-refractivity contribution < 1.29 is 9.53 Å². The molecule has 118 valence electrons. The van der Waals surface area contributed by atoms with E-state index in [0.717, 1.165) is 19.4 Å². The summed E-state index contributed by atoms with van der Waals surface area (Å²) < 4.78 is 8.44. The fourth-order valence-electron chi connectivity index (χ4n) is 2.57. The van der Waals surface area contributed by atoms with Gasteiger partial charge in [-0.3, -0.25) is 18.8 Å². The van der Waals surface area contributed by atoms with Crippen LogP contribution in [0.25, 0.3) is 11.0 Å². The van der Waals surface area contributed by atoms with Crippen LogP contribution in [0.4, 0.5) is 0 Å². The number of nitrogens with zero attached hydrogens (tertiary/aromatic N) is 4. The third kappa shape index (κ3) is 3.01. The van der Waals surface area contributed by atoms with Gasteiger partial charge in [0.15, 0.2) is 5.65 Å². The number of carbonyl (C=O) groups excluding carboxylic acids is 1. The highest BCUT2D eigenvalue weighted by Gasteiger charge is 2.16. The zero-order valence-corrected chi connectivity index (χ0v) is 12.5. The van der Waals surface area contributed by atoms with Gasteiger partial charge in [0.2, 0.25) is 5.91 Å². The number of nitrogens with one attached hydrogen (secondary N) is 1. The molecule has 1 amide bonds. The van der Waals surface area contributed by atoms with Gasteiger partial charge in [-0.1, -0.05) is 0 Å². The Morgan fingerprint density at radius 1 is 1.55 bits per heavy atom. The van der Waals surface area contributed by atoms with Gasteiger partial charge in [0, 0.05) is 33.2 Å². The summed E-state index contributed by atoms with van der Waals surface area (Å²) in [6, 6.07) is 0. The minimum absolute atomic E-state index is 0.0892. The van der Waals surface area contributed by atoms with E-state index < -0.39 is 0 Å². The van der Waals surface area contributed by atoms with Gasteiger partial charge in [-0.2, -0.15) is 5.10 Å². The largest absolute Gasteiger partial charge is 0.376 e. The van der Waals surface area contributed by atoms with E-state index in [1.165, 1.54) is 17.1 Å². The van der Waals surface area contributed by atoms with Crippen molar-refractivity contribution in [2.75, 3.05) is 13.2 Å². The number of ether oxygens (including phenoxy) is 1. The number of fused-ring (bicyclic) bond motifs is 1. The first-order chi connectivity index (χ1) is 10.6. The first-order valence-corrected chi connectivity index (χ1v) is 7.40. The lowest BCUT2D eigenvalue weighted by Crippen LogP contribution is -2.33. The molecule has 2 aromatic rings. The third-order valence-corrected chi connectivity index (χ3v) is 3.85. The molecular weight excluding hydrogens is 286 g/mol. The molecule has 0 aliphatic carbocycles. The maximum atomic E-state index is 12.2. The molecule has 3 heterocycles. The van der Waals surface area contributed by atoms with Crippen molar-refractivity contribution in [3.05, 3.63) is 22.9 Å². The van der Waals surface area contributed by atoms with Gasteiger partial charge < -0.3 is 10.1 Å². The Bertz CT molecular complexity index is 730. The normalized spacial score (nSPS) is 18.0. The summed E-state index contributed by atoms with van der Waals surface area (Å²) in [4.78, 5) is 28.3. The zero-order chi connectivity index (χ0) is 15.5. The quantitative estimate of drug-likeness (QED) is 0.827. The van der Waals surface area contributed by atoms with E-state index in [1.54, 1.807) is 11.7 Å². The summed E-state index contributed by atoms with van der Waals surface area (Å²) in [5.41, 5.74) is 0.370. The molecule has 1 atom stereocenters. The molecule has 0 saturated carbocycles. The summed E-state index contributed by atoms with van der Waals surface area (Å²) in [7, 11) is 1.73. The molecule has 22 heavy (non-hydrogen) atoms. The maximum Gasteiger partial charge on any atom is 0.264 e. The Labute approximate surface area is 127 Å². The van der Waals surface area contributed by atoms with E-state index in [9.17, 15) is 9.59 Å². The van der Waals surface area contributed by atoms with Crippen LogP contribution >= 0.6 is 0 Å². The lowest BCUT2D eigenvalue weighted by Gasteiger charge is -2.11. The molecule has 1 unspecified atom stereocenters. The Morgan fingerprint density at radius 2 is 2.41 bits per heavy atom. The summed E-state index contributed by atoms with van der Waals surface area (Å²) in [6.07, 6.45) is 5.35. The highest BCUT2D eigenvalue weighted by molar-refractivity contribution is 5.76. The first kappa shape index (κ1) is 14.7. The van der Waals surface area contributed by atoms with E-state index in [0.29, 0.717) is 24.1 Å². The van der Waals surface area contributed by atoms with Crippen LogP contribution in [0.1, 0.15) is 19.3 Å². The van der Waals surface area contributed by atoms with Crippen molar-refractivity contribution in [3.8, 4) is 0 Å². The summed E-state index contributed by atoms with van der Waals surface area (Å²) in [6.45, 7) is 1.61. The van der Waals surface area contributed by atoms with E-state index in [4.69, 9.17) is 4.74 Å². The molecule has 1 fully saturated rings. The molecule has 0 aromatic carbocycles. The number of rotatable bonds is 5. The molecule has 0 spiro atoms. The molecule has 2 aromatic heterocycles. The summed E-state index contributed by atoms with van der Waals surface area (Å²) in [5.74, 6) is -0.0892. The molecule has 1 aliphatic heterocycles. The van der Waals surface area contributed by atoms with E-state index >= 15 is 0 Å². The fraction of sp³-hybridized carbons (Fsp3) is 0.571. The van der Waals surface area contributed by atoms with E-state index in [1.807, 2.05) is 0 Å². The third-order valence-electron chi connectivity index (χ3n) is 3.85. The number of amides is 1. The van der Waals surface area contributed by atoms with Crippen LogP contribution in [0.3, 0.4) is 0 Å². The summed E-state index contributed by atoms with van der Waals surface area (Å²) in [5, 5.41) is 7.32. The first-order valence-electron chi connectivity index (χ1n) is 7.40. The summed E-state index contributed by atoms with van der Waals surface area (Å²) >= 11 is 0. The topological polar surface area (TPSA) is 91.0 Å². The van der Waals surface area contributed by atoms with Crippen molar-refractivity contribution >= 4 is 16.9 Å². The predicted octanol–water partition coefficient (Wildman–Crippen LogP) is -0.185. The predicted molar refractivity (Wildman–Crippen MR) is 79.4 cm³/mol. The lowest BCUT2D eigenvalue weighted by molar-refractivity contribution is -0.121. The highest BCUT2D eigenvalue weighted by Crippen LogP contribution is 2.10. The van der Waals surface area contributed by atoms with Crippen molar-refractivity contribution in [3.63, 3.8) is 0 Å². The van der Waals surface area contributed by atoms with Crippen LogP contribution in [0.5, 0.6) is 0 Å². The second-order valence-electron chi connectivity index (χ2n) is 5.44. The molecule has 0 bridgehead atoms. The smallest absolute Gasteiger partial charge is 0.264 e. The monoisotopic (exact) mass is 305 g/mol. The van der Waals surface area contributed by atoms with Gasteiger partial charge in [-0.15, -0.1) is 0 Å². The Kier molecular flexibility index (Phi) is 4.19. The van der Waals surface area contributed by atoms with Gasteiger partial charge in [0.1, 0.15) is 5.39 Å². The van der Waals surface area contributed by atoms with Gasteiger partial charge in [0.25, 0.3) is 5.56 Å². The van der Waals surface area contributed by atoms with Gasteiger partial charge in [-0.25, -0.2) is 4.98 Å². The molecule has 1 saturated heterocycles. The van der Waals surface area contributed by atoms with E-state index in [2.05, 4.69) is 15.4 Å². The molecule has 8 heteroatoms. The molecule has 3 rings (SSSR count). The van der Waals surface area contributed by atoms with Gasteiger partial charge in [0.05, 0.1) is 18.6 Å². The van der Waals surface area contributed by atoms with Crippen molar-refractivity contribution in [2.24, 2.45) is 7.05 Å². The van der Waals surface area contributed by atoms with E-state index in [-0.39, 0.29) is 24.0 Å². The molecule has 0 radical (unpaired) electrons. The minimum atomic E-state index is -0.176. The second-order valence-corrected chi connectivity index (χ2v) is 5.44. The highest BCUT2D eigenvalue weighted by atomic mass is 16.5. The number of aromatic nitrogens is 4. The fourth-order valence-corrected chi connectivity index (χ4v) is 2.57. The van der Waals surface area contributed by atoms with Crippen molar-refractivity contribution in [2.45, 2.75) is 31.9 Å². The minimum Gasteiger partial charge on any atom is -0.376 e. The van der Waals surface area contributed by atoms with Gasteiger partial charge >= 0.3 is 0 Å². The lowest BCUT2D eigenvalue weighted by atomic mass is 10.2. The Morgan fingerprint density at radius 3 is 3.18 bits per heavy atom. The molecule has 8 nitrogen and oxygen atoms in total. The average molecular weight is 305 g/mol. The zero-order valence-electron chi connectivity index (χ0n) is 12.5. The van der Waals surface area contributed by atoms with Crippen LogP contribution in [-0.4, -0.2) is 44.5 Å². The number of aryl methyl sites for hydroxylation is 2. The van der Waals surface area contributed by atoms with Crippen LogP contribution in [0.15, 0.2) is 17.3 Å². The number of carbonyl (C=O) groups is 1. The Balaban J connectivity index is 1.57. The molecular formula is C14H19N5O3. The van der Waals surface area contributed by atoms with Crippen LogP contribution in [0, 0.1) is 0 Å². The Hall–Kier alpha value is -2.22. The van der Waals surface area contributed by atoms with Crippen molar-refractivity contribution in [1.82, 2.24) is 24.6 Å². The standard InChI is InChI=1S/C14H19N5O3/c1-18-13-11(8-17-18)14(21)19(9-16-13)5-4-12(20)15-7-10-3-2-6-22-10/h8-10H,2-7H2,1H3,(H,15,20). The van der Waals surface area contributed by atoms with Crippen LogP contribution < -0.4 is 10.9 Å². The number of hydrogen-bond donors (Lipinski definition) is 1. The van der Waals surface area contributed by atoms with Crippen LogP contribution in [-0.2, 0) is 23.1 Å². The van der Waals surface area contributed by atoms with Gasteiger partial charge in [-0.05, 0) is 12.8 Å². The SMILES string of the molecule is Cn1ncc2c(=O)n(CCC(=O)NCC3CCCO3)cnc21. The van der Waals surface area contributed by atoms with Crippen LogP contribution in [0.2, 0.25) is 0 Å². The number of hydrogen-bond acceptors (Lipinski definition) is 5. The molecule has 1 N–H and O–H groups in total. The maximum absolute atomic E-state index is 12.2. The van der Waals surface area contributed by atoms with Crippen molar-refractivity contribution in [1.29, 1.82) is 0 Å². The molecule has 1 aliphatic rings. The second kappa shape index (κ2) is 6.27. The average Bonchev–Trinajstić information content (AvgIpc) is 3.15.